The van der Waals surface area contributed by atoms with Gasteiger partial charge in [0.25, 0.3) is 0 Å². The van der Waals surface area contributed by atoms with E-state index in [9.17, 15) is 32.3 Å². The number of anilines is 3. The third kappa shape index (κ3) is 15.5. The Bertz CT molecular complexity index is 2860. The Morgan fingerprint density at radius 3 is 1.24 bits per heavy atom. The van der Waals surface area contributed by atoms with Crippen molar-refractivity contribution >= 4 is 17.1 Å². The highest BCUT2D eigenvalue weighted by Gasteiger charge is 2.30. The molecular weight excluding hydrogens is 832 g/mol. The smallest absolute Gasteiger partial charge is 0.416 e. The van der Waals surface area contributed by atoms with Crippen LogP contribution in [-0.4, -0.2) is 39.9 Å². The van der Waals surface area contributed by atoms with Crippen molar-refractivity contribution in [2.45, 2.75) is 6.18 Å². The number of halogens is 3. The second kappa shape index (κ2) is 21.7. The minimum Gasteiger partial charge on any atom is -0.454 e. The summed E-state index contributed by atoms with van der Waals surface area (Å²) in [4.78, 5) is 66.3. The predicted molar refractivity (Wildman–Crippen MR) is 224 cm³/mol. The fourth-order valence-corrected chi connectivity index (χ4v) is 4.48. The number of alkyl halides is 3. The van der Waals surface area contributed by atoms with Crippen molar-refractivity contribution in [3.05, 3.63) is 194 Å². The second-order valence-corrected chi connectivity index (χ2v) is 12.1. The Morgan fingerprint density at radius 2 is 0.841 bits per heavy atom. The summed E-state index contributed by atoms with van der Waals surface area (Å²) in [6, 6.07) is 25.2. The number of rotatable bonds is 8. The first-order valence-electron chi connectivity index (χ1n) is 17.8. The largest absolute Gasteiger partial charge is 0.454 e. The number of hydrogen-bond donors (Lipinski definition) is 7. The summed E-state index contributed by atoms with van der Waals surface area (Å²) >= 11 is 0. The van der Waals surface area contributed by atoms with E-state index in [1.165, 1.54) is 61.7 Å². The number of H-pyrrole nitrogens is 4. The van der Waals surface area contributed by atoms with E-state index in [0.717, 1.165) is 12.1 Å². The summed E-state index contributed by atoms with van der Waals surface area (Å²) < 4.78 is 58.3. The van der Waals surface area contributed by atoms with Crippen molar-refractivity contribution in [2.75, 3.05) is 17.2 Å². The molecule has 0 aliphatic heterocycles. The zero-order valence-corrected chi connectivity index (χ0v) is 32.3. The Balaban J connectivity index is 0.000000159. The van der Waals surface area contributed by atoms with Crippen LogP contribution in [-0.2, 0) is 6.18 Å². The zero-order chi connectivity index (χ0) is 45.2. The molecule has 0 fully saturated rings. The normalized spacial score (nSPS) is 10.3. The van der Waals surface area contributed by atoms with Crippen molar-refractivity contribution in [3.63, 3.8) is 0 Å². The molecule has 322 valence electrons. The van der Waals surface area contributed by atoms with Gasteiger partial charge >= 0.3 is 28.9 Å². The summed E-state index contributed by atoms with van der Waals surface area (Å²) in [5.74, 6) is 3.59. The van der Waals surface area contributed by atoms with Crippen LogP contribution >= 0.6 is 0 Å². The Kier molecular flexibility index (Phi) is 15.5. The highest BCUT2D eigenvalue weighted by molar-refractivity contribution is 5.53. The second-order valence-electron chi connectivity index (χ2n) is 12.1. The van der Waals surface area contributed by atoms with Crippen molar-refractivity contribution < 1.29 is 32.1 Å². The average molecular weight is 866 g/mol. The van der Waals surface area contributed by atoms with E-state index in [4.69, 9.17) is 36.1 Å². The summed E-state index contributed by atoms with van der Waals surface area (Å²) in [5.41, 5.74) is 16.1. The number of para-hydroxylation sites is 2. The molecule has 0 spiro atoms. The third-order valence-corrected chi connectivity index (χ3v) is 7.36. The SMILES string of the molecule is Nc1ccc(Oc2cnc(=O)[nH]c2)cc1.Nc1cccc(Oc2cnc(=O)[nH]c2)c1.Nc1ccccc1Oc1cnc(=O)[nH]c1.O=c1ncc(Oc2ccc(C(F)(F)F)cc2)c[nH]1. The van der Waals surface area contributed by atoms with E-state index < -0.39 is 34.5 Å². The molecular formula is C41H34F3N11O8. The van der Waals surface area contributed by atoms with Crippen LogP contribution in [0.1, 0.15) is 5.56 Å². The van der Waals surface area contributed by atoms with Gasteiger partial charge in [0.05, 0.1) is 60.8 Å². The number of nitrogen functional groups attached to an aromatic ring is 3. The molecule has 8 aromatic rings. The van der Waals surface area contributed by atoms with Gasteiger partial charge < -0.3 is 56.1 Å². The first kappa shape index (κ1) is 44.9. The molecule has 0 amide bonds. The molecule has 10 N–H and O–H groups in total. The van der Waals surface area contributed by atoms with Gasteiger partial charge in [-0.15, -0.1) is 0 Å². The van der Waals surface area contributed by atoms with Gasteiger partial charge in [0.1, 0.15) is 23.0 Å². The summed E-state index contributed by atoms with van der Waals surface area (Å²) in [6.45, 7) is 0. The highest BCUT2D eigenvalue weighted by Crippen LogP contribution is 2.31. The van der Waals surface area contributed by atoms with Gasteiger partial charge in [0.15, 0.2) is 23.0 Å². The molecule has 0 saturated heterocycles. The molecule has 4 heterocycles. The number of aromatic amines is 4. The summed E-state index contributed by atoms with van der Waals surface area (Å²) in [6.07, 6.45) is 6.44. The van der Waals surface area contributed by atoms with Crippen LogP contribution in [0.4, 0.5) is 30.2 Å². The van der Waals surface area contributed by atoms with Crippen LogP contribution in [0.3, 0.4) is 0 Å². The number of ether oxygens (including phenoxy) is 4. The van der Waals surface area contributed by atoms with Gasteiger partial charge in [0.2, 0.25) is 0 Å². The van der Waals surface area contributed by atoms with E-state index in [1.54, 1.807) is 60.7 Å². The van der Waals surface area contributed by atoms with Crippen LogP contribution < -0.4 is 58.9 Å². The number of nitrogens with one attached hydrogen (secondary N) is 4. The fraction of sp³-hybridized carbons (Fsp3) is 0.0244. The number of aromatic nitrogens is 8. The van der Waals surface area contributed by atoms with Crippen LogP contribution in [0.2, 0.25) is 0 Å². The number of benzene rings is 4. The minimum absolute atomic E-state index is 0.219. The molecule has 0 saturated carbocycles. The summed E-state index contributed by atoms with van der Waals surface area (Å²) in [7, 11) is 0. The molecule has 0 aliphatic carbocycles. The van der Waals surface area contributed by atoms with E-state index in [2.05, 4.69) is 39.9 Å². The minimum atomic E-state index is -4.38. The average Bonchev–Trinajstić information content (AvgIpc) is 3.26. The molecule has 8 rings (SSSR count). The molecule has 0 radical (unpaired) electrons. The molecule has 4 aromatic heterocycles. The quantitative estimate of drug-likeness (QED) is 0.0860. The molecule has 0 unspecified atom stereocenters. The highest BCUT2D eigenvalue weighted by atomic mass is 19.4. The van der Waals surface area contributed by atoms with Gasteiger partial charge in [-0.3, -0.25) is 0 Å². The van der Waals surface area contributed by atoms with E-state index >= 15 is 0 Å². The van der Waals surface area contributed by atoms with Crippen LogP contribution in [0, 0.1) is 0 Å². The molecule has 0 bridgehead atoms. The standard InChI is InChI=1S/C11H7F3N2O2.3C10H9N3O2/c12-11(13,14)7-1-3-8(4-2-7)18-9-5-15-10(17)16-6-9;11-7-1-3-8(4-2-7)15-9-5-12-10(14)13-6-9;11-7-2-1-3-8(4-7)15-9-5-12-10(14)13-6-9;11-8-3-1-2-4-9(8)15-7-5-12-10(14)13-6-7/h1-6H,(H,15,16,17);3*1-6H,11H2,(H,12,13,14). The predicted octanol–water partition coefficient (Wildman–Crippen LogP) is 6.01. The first-order valence-corrected chi connectivity index (χ1v) is 17.8. The van der Waals surface area contributed by atoms with Crippen LogP contribution in [0.15, 0.2) is 166 Å². The van der Waals surface area contributed by atoms with Crippen molar-refractivity contribution in [3.8, 4) is 46.0 Å². The lowest BCUT2D eigenvalue weighted by Gasteiger charge is -2.08. The number of hydrogen-bond acceptors (Lipinski definition) is 15. The molecule has 0 atom stereocenters. The first-order chi connectivity index (χ1) is 30.2. The third-order valence-electron chi connectivity index (χ3n) is 7.36. The number of nitrogens with two attached hydrogens (primary N) is 3. The van der Waals surface area contributed by atoms with Gasteiger partial charge in [-0.1, -0.05) is 18.2 Å². The van der Waals surface area contributed by atoms with E-state index in [-0.39, 0.29) is 11.5 Å². The maximum absolute atomic E-state index is 12.3. The van der Waals surface area contributed by atoms with Crippen LogP contribution in [0.25, 0.3) is 0 Å². The van der Waals surface area contributed by atoms with Crippen LogP contribution in [0.5, 0.6) is 46.0 Å². The lowest BCUT2D eigenvalue weighted by molar-refractivity contribution is -0.137. The monoisotopic (exact) mass is 865 g/mol. The molecule has 4 aromatic carbocycles. The van der Waals surface area contributed by atoms with Crippen molar-refractivity contribution in [2.24, 2.45) is 0 Å². The fourth-order valence-electron chi connectivity index (χ4n) is 4.48. The van der Waals surface area contributed by atoms with Gasteiger partial charge in [-0.25, -0.2) is 19.2 Å². The van der Waals surface area contributed by atoms with Gasteiger partial charge in [0, 0.05) is 17.4 Å². The summed E-state index contributed by atoms with van der Waals surface area (Å²) in [5, 5.41) is 0. The van der Waals surface area contributed by atoms with E-state index in [1.807, 2.05) is 12.1 Å². The van der Waals surface area contributed by atoms with Gasteiger partial charge in [-0.2, -0.15) is 33.1 Å². The van der Waals surface area contributed by atoms with Crippen molar-refractivity contribution in [1.82, 2.24) is 39.9 Å². The van der Waals surface area contributed by atoms with E-state index in [0.29, 0.717) is 51.6 Å². The lowest BCUT2D eigenvalue weighted by atomic mass is 10.2. The Labute approximate surface area is 352 Å². The zero-order valence-electron chi connectivity index (χ0n) is 32.3. The Hall–Kier alpha value is -9.21. The van der Waals surface area contributed by atoms with Crippen molar-refractivity contribution in [1.29, 1.82) is 0 Å². The maximum atomic E-state index is 12.3. The maximum Gasteiger partial charge on any atom is 0.416 e. The number of nitrogens with zero attached hydrogens (tertiary/aromatic N) is 4. The molecule has 0 aliphatic rings. The van der Waals surface area contributed by atoms with Gasteiger partial charge in [-0.05, 0) is 72.8 Å². The Morgan fingerprint density at radius 1 is 0.429 bits per heavy atom. The topological polar surface area (TPSA) is 298 Å². The molecule has 19 nitrogen and oxygen atoms in total. The molecule has 22 heteroatoms. The molecule has 63 heavy (non-hydrogen) atoms. The lowest BCUT2D eigenvalue weighted by Crippen LogP contribution is -2.07.